The summed E-state index contributed by atoms with van der Waals surface area (Å²) in [7, 11) is 0. The number of nitrogens with zero attached hydrogens (tertiary/aromatic N) is 2. The lowest BCUT2D eigenvalue weighted by atomic mass is 9.32. The predicted molar refractivity (Wildman–Crippen MR) is 184 cm³/mol. The lowest BCUT2D eigenvalue weighted by Gasteiger charge is -2.73. The highest BCUT2D eigenvalue weighted by atomic mass is 16.6. The zero-order chi connectivity index (χ0) is 35.0. The second-order valence-corrected chi connectivity index (χ2v) is 18.1. The van der Waals surface area contributed by atoms with E-state index in [1.54, 1.807) is 6.92 Å². The summed E-state index contributed by atoms with van der Waals surface area (Å²) in [4.78, 5) is 55.2. The lowest BCUT2D eigenvalue weighted by Crippen LogP contribution is -2.68. The van der Waals surface area contributed by atoms with Crippen LogP contribution in [-0.2, 0) is 28.7 Å². The molecule has 4 unspecified atom stereocenters. The highest BCUT2D eigenvalue weighted by molar-refractivity contribution is 5.84. The number of piperazine rings is 1. The molecule has 11 atom stereocenters. The van der Waals surface area contributed by atoms with E-state index in [0.717, 1.165) is 64.2 Å². The van der Waals surface area contributed by atoms with Gasteiger partial charge < -0.3 is 19.3 Å². The van der Waals surface area contributed by atoms with Gasteiger partial charge in [0.25, 0.3) is 0 Å². The first-order valence-electron chi connectivity index (χ1n) is 19.0. The summed E-state index contributed by atoms with van der Waals surface area (Å²) in [5.74, 6) is 1.74. The minimum Gasteiger partial charge on any atom is -0.465 e. The summed E-state index contributed by atoms with van der Waals surface area (Å²) in [6.45, 7) is 24.0. The molecule has 268 valence electrons. The summed E-state index contributed by atoms with van der Waals surface area (Å²) in [6.07, 6.45) is 9.85. The predicted octanol–water partition coefficient (Wildman–Crippen LogP) is 6.81. The minimum atomic E-state index is -0.444. The molecule has 48 heavy (non-hydrogen) atoms. The van der Waals surface area contributed by atoms with E-state index in [1.807, 2.05) is 4.90 Å². The van der Waals surface area contributed by atoms with E-state index in [2.05, 4.69) is 46.1 Å². The molecular formula is C40H62N2O6. The Morgan fingerprint density at radius 2 is 1.38 bits per heavy atom. The Hall–Kier alpha value is -2.38. The fourth-order valence-electron chi connectivity index (χ4n) is 13.7. The molecular weight excluding hydrogens is 604 g/mol. The van der Waals surface area contributed by atoms with Crippen molar-refractivity contribution in [1.82, 2.24) is 9.80 Å². The summed E-state index contributed by atoms with van der Waals surface area (Å²) >= 11 is 0. The third kappa shape index (κ3) is 5.10. The molecule has 6 fully saturated rings. The second-order valence-electron chi connectivity index (χ2n) is 18.1. The maximum Gasteiger partial charge on any atom is 0.302 e. The van der Waals surface area contributed by atoms with E-state index in [4.69, 9.17) is 9.47 Å². The molecule has 2 amide bonds. The van der Waals surface area contributed by atoms with Crippen molar-refractivity contribution in [3.8, 4) is 0 Å². The van der Waals surface area contributed by atoms with E-state index >= 15 is 0 Å². The van der Waals surface area contributed by atoms with Crippen LogP contribution in [0.5, 0.6) is 0 Å². The zero-order valence-electron chi connectivity index (χ0n) is 31.1. The van der Waals surface area contributed by atoms with Crippen molar-refractivity contribution in [2.75, 3.05) is 32.8 Å². The van der Waals surface area contributed by atoms with Crippen molar-refractivity contribution in [2.45, 2.75) is 126 Å². The summed E-state index contributed by atoms with van der Waals surface area (Å²) in [5.41, 5.74) is 0.650. The van der Waals surface area contributed by atoms with Crippen LogP contribution in [0.2, 0.25) is 0 Å². The van der Waals surface area contributed by atoms with Gasteiger partial charge in [-0.05, 0) is 117 Å². The Balaban J connectivity index is 1.33. The van der Waals surface area contributed by atoms with Gasteiger partial charge in [-0.2, -0.15) is 0 Å². The van der Waals surface area contributed by atoms with Crippen molar-refractivity contribution in [2.24, 2.45) is 56.7 Å². The van der Waals surface area contributed by atoms with Gasteiger partial charge in [0, 0.05) is 52.4 Å². The third-order valence-corrected chi connectivity index (χ3v) is 16.1. The van der Waals surface area contributed by atoms with E-state index in [1.165, 1.54) is 19.4 Å². The Kier molecular flexibility index (Phi) is 8.97. The van der Waals surface area contributed by atoms with Crippen LogP contribution in [0.1, 0.15) is 120 Å². The molecule has 0 aromatic rings. The molecule has 6 aliphatic rings. The van der Waals surface area contributed by atoms with Crippen LogP contribution in [0, 0.1) is 56.7 Å². The van der Waals surface area contributed by atoms with Crippen LogP contribution in [0.3, 0.4) is 0 Å². The van der Waals surface area contributed by atoms with Crippen LogP contribution in [-0.4, -0.2) is 72.4 Å². The van der Waals surface area contributed by atoms with Gasteiger partial charge >= 0.3 is 11.9 Å². The van der Waals surface area contributed by atoms with E-state index < -0.39 is 5.41 Å². The number of hydrogen-bond acceptors (Lipinski definition) is 6. The molecule has 8 nitrogen and oxygen atoms in total. The molecule has 0 radical (unpaired) electrons. The second kappa shape index (κ2) is 12.1. The molecule has 0 spiro atoms. The van der Waals surface area contributed by atoms with Gasteiger partial charge in [-0.3, -0.25) is 19.2 Å². The van der Waals surface area contributed by atoms with Crippen LogP contribution < -0.4 is 0 Å². The smallest absolute Gasteiger partial charge is 0.302 e. The number of ether oxygens (including phenoxy) is 2. The van der Waals surface area contributed by atoms with E-state index in [-0.39, 0.29) is 58.1 Å². The van der Waals surface area contributed by atoms with Gasteiger partial charge in [-0.1, -0.05) is 39.8 Å². The van der Waals surface area contributed by atoms with Gasteiger partial charge in [-0.25, -0.2) is 0 Å². The highest BCUT2D eigenvalue weighted by Gasteiger charge is 2.72. The van der Waals surface area contributed by atoms with Gasteiger partial charge in [0.05, 0.1) is 5.41 Å². The largest absolute Gasteiger partial charge is 0.465 e. The number of esters is 2. The zero-order valence-corrected chi connectivity index (χ0v) is 31.1. The third-order valence-electron chi connectivity index (χ3n) is 16.1. The quantitative estimate of drug-likeness (QED) is 0.237. The number of carbonyl (C=O) groups excluding carboxylic acids is 4. The fourth-order valence-corrected chi connectivity index (χ4v) is 13.7. The first kappa shape index (κ1) is 35.4. The average Bonchev–Trinajstić information content (AvgIpc) is 3.43. The number of rotatable bonds is 5. The van der Waals surface area contributed by atoms with Crippen LogP contribution >= 0.6 is 0 Å². The highest BCUT2D eigenvalue weighted by Crippen LogP contribution is 2.77. The standard InChI is InChI=1S/C40H62N2O6/c1-25(2)29-12-17-40(35(46)42-22-20-41(21-23-42)26(3)43)19-18-38(8)30(34(29)40)10-11-32-36(6)15-14-33(48-28(5)45)37(7,24-47-27(4)44)31(36)13-16-39(32,38)9/h29-34H,1,10-24H2,2-9H3/t29-,30?,31?,32?,33-,34?,36-,37-,38+,39+,40-/m0/s1. The number of amides is 2. The topological polar surface area (TPSA) is 93.2 Å². The molecule has 5 aliphatic carbocycles. The molecule has 0 N–H and O–H groups in total. The molecule has 8 heteroatoms. The van der Waals surface area contributed by atoms with Crippen molar-refractivity contribution >= 4 is 23.8 Å². The van der Waals surface area contributed by atoms with E-state index in [0.29, 0.717) is 55.8 Å². The van der Waals surface area contributed by atoms with Crippen LogP contribution in [0.15, 0.2) is 12.2 Å². The van der Waals surface area contributed by atoms with Crippen molar-refractivity contribution < 1.29 is 28.7 Å². The molecule has 0 aromatic carbocycles. The van der Waals surface area contributed by atoms with Gasteiger partial charge in [-0.15, -0.1) is 0 Å². The first-order valence-corrected chi connectivity index (χ1v) is 19.0. The minimum absolute atomic E-state index is 0.0245. The Morgan fingerprint density at radius 1 is 0.708 bits per heavy atom. The average molecular weight is 667 g/mol. The SMILES string of the molecule is C=C(C)[C@@H]1CC[C@]2(C(=O)N3CCN(C(C)=O)CC3)CC[C@]3(C)C(CCC4[C@@]5(C)CC[C@H](OC(C)=O)[C@@](C)(COC(C)=O)C5CC[C@]43C)C12. The van der Waals surface area contributed by atoms with Gasteiger partial charge in [0.2, 0.25) is 11.8 Å². The summed E-state index contributed by atoms with van der Waals surface area (Å²) < 4.78 is 11.7. The fraction of sp³-hybridized carbons (Fsp3) is 0.850. The van der Waals surface area contributed by atoms with Crippen molar-refractivity contribution in [1.29, 1.82) is 0 Å². The number of hydrogen-bond donors (Lipinski definition) is 0. The summed E-state index contributed by atoms with van der Waals surface area (Å²) in [6, 6.07) is 0. The van der Waals surface area contributed by atoms with Crippen molar-refractivity contribution in [3.63, 3.8) is 0 Å². The molecule has 0 bridgehead atoms. The number of fused-ring (bicyclic) bond motifs is 7. The number of carbonyl (C=O) groups is 4. The first-order chi connectivity index (χ1) is 22.4. The lowest BCUT2D eigenvalue weighted by molar-refractivity contribution is -0.257. The maximum atomic E-state index is 14.8. The number of allylic oxidation sites excluding steroid dienone is 1. The molecule has 5 saturated carbocycles. The molecule has 6 rings (SSSR count). The Labute approximate surface area is 289 Å². The molecule has 0 aromatic heterocycles. The normalized spacial score (nSPS) is 45.2. The maximum absolute atomic E-state index is 14.8. The molecule has 1 saturated heterocycles. The van der Waals surface area contributed by atoms with Crippen LogP contribution in [0.4, 0.5) is 0 Å². The summed E-state index contributed by atoms with van der Waals surface area (Å²) in [5, 5.41) is 0. The van der Waals surface area contributed by atoms with Crippen molar-refractivity contribution in [3.05, 3.63) is 12.2 Å². The van der Waals surface area contributed by atoms with Crippen LogP contribution in [0.25, 0.3) is 0 Å². The van der Waals surface area contributed by atoms with E-state index in [9.17, 15) is 19.2 Å². The molecule has 1 heterocycles. The van der Waals surface area contributed by atoms with Gasteiger partial charge in [0.1, 0.15) is 12.7 Å². The molecule has 1 aliphatic heterocycles. The van der Waals surface area contributed by atoms with Gasteiger partial charge in [0.15, 0.2) is 0 Å². The Bertz CT molecular complexity index is 1350. The Morgan fingerprint density at radius 3 is 1.98 bits per heavy atom. The monoisotopic (exact) mass is 666 g/mol.